The van der Waals surface area contributed by atoms with Crippen molar-refractivity contribution >= 4 is 27.2 Å². The minimum Gasteiger partial charge on any atom is -0.360 e. The van der Waals surface area contributed by atoms with Gasteiger partial charge in [0.15, 0.2) is 5.82 Å². The Hall–Kier alpha value is -2.25. The SMILES string of the molecule is C[C@@H]1CCc2c(sc3nc([C@H](C)[NH+]4CCN(c5ccc(F)cc5)CC4)[nH]c(=O)c23)C1. The van der Waals surface area contributed by atoms with E-state index in [1.807, 2.05) is 12.1 Å². The van der Waals surface area contributed by atoms with Crippen LogP contribution in [0.5, 0.6) is 0 Å². The van der Waals surface area contributed by atoms with Crippen molar-refractivity contribution in [2.75, 3.05) is 31.1 Å². The van der Waals surface area contributed by atoms with E-state index in [4.69, 9.17) is 4.98 Å². The Bertz CT molecular complexity index is 1110. The second-order valence-corrected chi connectivity index (χ2v) is 9.91. The van der Waals surface area contributed by atoms with Crippen LogP contribution in [0.25, 0.3) is 10.2 Å². The molecule has 158 valence electrons. The van der Waals surface area contributed by atoms with Crippen LogP contribution < -0.4 is 15.4 Å². The quantitative estimate of drug-likeness (QED) is 0.676. The van der Waals surface area contributed by atoms with Gasteiger partial charge in [-0.3, -0.25) is 4.79 Å². The Morgan fingerprint density at radius 3 is 2.73 bits per heavy atom. The number of nitrogens with one attached hydrogen (secondary N) is 2. The van der Waals surface area contributed by atoms with E-state index >= 15 is 0 Å². The molecular formula is C23H28FN4OS+. The predicted molar refractivity (Wildman–Crippen MR) is 119 cm³/mol. The fourth-order valence-electron chi connectivity index (χ4n) is 4.90. The maximum atomic E-state index is 13.2. The maximum absolute atomic E-state index is 13.2. The van der Waals surface area contributed by atoms with E-state index in [9.17, 15) is 9.18 Å². The summed E-state index contributed by atoms with van der Waals surface area (Å²) in [4.78, 5) is 26.9. The number of piperazine rings is 1. The van der Waals surface area contributed by atoms with Crippen LogP contribution >= 0.6 is 11.3 Å². The lowest BCUT2D eigenvalue weighted by Gasteiger charge is -2.36. The average Bonchev–Trinajstić information content (AvgIpc) is 3.11. The molecule has 5 rings (SSSR count). The summed E-state index contributed by atoms with van der Waals surface area (Å²) in [6.45, 7) is 8.17. The van der Waals surface area contributed by atoms with Gasteiger partial charge in [0.25, 0.3) is 5.56 Å². The summed E-state index contributed by atoms with van der Waals surface area (Å²) in [6.07, 6.45) is 3.21. The molecule has 0 spiro atoms. The largest absolute Gasteiger partial charge is 0.360 e. The highest BCUT2D eigenvalue weighted by molar-refractivity contribution is 7.18. The molecule has 1 aliphatic carbocycles. The van der Waals surface area contributed by atoms with Crippen molar-refractivity contribution in [3.05, 3.63) is 56.7 Å². The van der Waals surface area contributed by atoms with Crippen LogP contribution in [0.2, 0.25) is 0 Å². The number of anilines is 1. The molecule has 7 heteroatoms. The van der Waals surface area contributed by atoms with Crippen molar-refractivity contribution < 1.29 is 9.29 Å². The van der Waals surface area contributed by atoms with Crippen LogP contribution in [0, 0.1) is 11.7 Å². The van der Waals surface area contributed by atoms with E-state index < -0.39 is 0 Å². The first-order valence-corrected chi connectivity index (χ1v) is 11.7. The topological polar surface area (TPSA) is 53.4 Å². The van der Waals surface area contributed by atoms with Crippen molar-refractivity contribution in [3.63, 3.8) is 0 Å². The van der Waals surface area contributed by atoms with Crippen LogP contribution in [0.3, 0.4) is 0 Å². The fourth-order valence-corrected chi connectivity index (χ4v) is 6.29. The molecule has 2 aromatic heterocycles. The van der Waals surface area contributed by atoms with Crippen molar-refractivity contribution in [2.45, 2.75) is 39.2 Å². The molecule has 1 fully saturated rings. The Kier molecular flexibility index (Phi) is 5.11. The van der Waals surface area contributed by atoms with Gasteiger partial charge in [-0.1, -0.05) is 6.92 Å². The number of halogens is 1. The van der Waals surface area contributed by atoms with Crippen molar-refractivity contribution in [3.8, 4) is 0 Å². The second-order valence-electron chi connectivity index (χ2n) is 8.83. The van der Waals surface area contributed by atoms with Gasteiger partial charge in [-0.25, -0.2) is 9.37 Å². The Morgan fingerprint density at radius 2 is 2.00 bits per heavy atom. The fraction of sp³-hybridized carbons (Fsp3) is 0.478. The second kappa shape index (κ2) is 7.78. The summed E-state index contributed by atoms with van der Waals surface area (Å²) in [5, 5.41) is 0.828. The number of aromatic amines is 1. The monoisotopic (exact) mass is 427 g/mol. The van der Waals surface area contributed by atoms with Gasteiger partial charge in [-0.05, 0) is 61.9 Å². The molecule has 5 nitrogen and oxygen atoms in total. The highest BCUT2D eigenvalue weighted by atomic mass is 32.1. The zero-order valence-electron chi connectivity index (χ0n) is 17.5. The Balaban J connectivity index is 1.34. The number of benzene rings is 1. The predicted octanol–water partition coefficient (Wildman–Crippen LogP) is 2.71. The number of hydrogen-bond acceptors (Lipinski definition) is 4. The van der Waals surface area contributed by atoms with E-state index in [1.165, 1.54) is 27.5 Å². The lowest BCUT2D eigenvalue weighted by molar-refractivity contribution is -0.930. The molecule has 1 aliphatic heterocycles. The number of aromatic nitrogens is 2. The van der Waals surface area contributed by atoms with Gasteiger partial charge in [0.1, 0.15) is 16.7 Å². The number of quaternary nitrogens is 1. The standard InChI is InChI=1S/C23H27FN4OS/c1-14-3-8-18-19(13-14)30-23-20(18)22(29)25-21(26-23)15(2)27-9-11-28(12-10-27)17-6-4-16(24)5-7-17/h4-7,14-15H,3,8-13H2,1-2H3,(H,25,26,29)/p+1/t14-,15+/m1/s1. The molecule has 0 bridgehead atoms. The van der Waals surface area contributed by atoms with Crippen LogP contribution in [0.4, 0.5) is 10.1 Å². The molecule has 1 aromatic carbocycles. The van der Waals surface area contributed by atoms with Crippen LogP contribution in [-0.2, 0) is 12.8 Å². The lowest BCUT2D eigenvalue weighted by Crippen LogP contribution is -3.14. The number of H-pyrrole nitrogens is 1. The molecule has 30 heavy (non-hydrogen) atoms. The summed E-state index contributed by atoms with van der Waals surface area (Å²) in [7, 11) is 0. The minimum atomic E-state index is -0.202. The molecule has 3 heterocycles. The number of fused-ring (bicyclic) bond motifs is 3. The summed E-state index contributed by atoms with van der Waals surface area (Å²) < 4.78 is 13.2. The molecule has 0 amide bonds. The number of thiophene rings is 1. The van der Waals surface area contributed by atoms with Gasteiger partial charge in [0.05, 0.1) is 31.6 Å². The van der Waals surface area contributed by atoms with E-state index in [1.54, 1.807) is 11.3 Å². The molecule has 0 unspecified atom stereocenters. The van der Waals surface area contributed by atoms with Gasteiger partial charge in [-0.2, -0.15) is 0 Å². The van der Waals surface area contributed by atoms with Gasteiger partial charge in [0.2, 0.25) is 0 Å². The third-order valence-corrected chi connectivity index (χ3v) is 7.95. The summed E-state index contributed by atoms with van der Waals surface area (Å²) in [6, 6.07) is 6.85. The molecule has 2 atom stereocenters. The average molecular weight is 428 g/mol. The number of nitrogens with zero attached hydrogens (tertiary/aromatic N) is 2. The normalized spacial score (nSPS) is 21.0. The molecule has 1 saturated heterocycles. The molecule has 3 aromatic rings. The molecule has 0 saturated carbocycles. The maximum Gasteiger partial charge on any atom is 0.260 e. The van der Waals surface area contributed by atoms with Crippen molar-refractivity contribution in [2.24, 2.45) is 5.92 Å². The van der Waals surface area contributed by atoms with Crippen LogP contribution in [0.15, 0.2) is 29.1 Å². The first kappa shape index (κ1) is 19.7. The highest BCUT2D eigenvalue weighted by Gasteiger charge is 2.29. The molecule has 0 radical (unpaired) electrons. The third-order valence-electron chi connectivity index (χ3n) is 6.80. The van der Waals surface area contributed by atoms with Gasteiger partial charge in [-0.15, -0.1) is 11.3 Å². The van der Waals surface area contributed by atoms with E-state index in [2.05, 4.69) is 23.7 Å². The zero-order chi connectivity index (χ0) is 20.8. The number of aryl methyl sites for hydroxylation is 1. The van der Waals surface area contributed by atoms with E-state index in [-0.39, 0.29) is 17.4 Å². The smallest absolute Gasteiger partial charge is 0.260 e. The van der Waals surface area contributed by atoms with Crippen LogP contribution in [-0.4, -0.2) is 36.1 Å². The summed E-state index contributed by atoms with van der Waals surface area (Å²) >= 11 is 1.72. The highest BCUT2D eigenvalue weighted by Crippen LogP contribution is 2.35. The molecule has 2 N–H and O–H groups in total. The minimum absolute atomic E-state index is 0.0262. The lowest BCUT2D eigenvalue weighted by atomic mass is 9.89. The third kappa shape index (κ3) is 3.54. The van der Waals surface area contributed by atoms with Gasteiger partial charge >= 0.3 is 0 Å². The van der Waals surface area contributed by atoms with E-state index in [0.29, 0.717) is 5.92 Å². The Labute approximate surface area is 179 Å². The first-order chi connectivity index (χ1) is 14.5. The zero-order valence-corrected chi connectivity index (χ0v) is 18.3. The van der Waals surface area contributed by atoms with Gasteiger partial charge in [0, 0.05) is 10.6 Å². The van der Waals surface area contributed by atoms with Gasteiger partial charge < -0.3 is 14.8 Å². The Morgan fingerprint density at radius 1 is 1.27 bits per heavy atom. The van der Waals surface area contributed by atoms with Crippen molar-refractivity contribution in [1.82, 2.24) is 9.97 Å². The molecule has 2 aliphatic rings. The summed E-state index contributed by atoms with van der Waals surface area (Å²) in [5.74, 6) is 1.28. The number of rotatable bonds is 3. The summed E-state index contributed by atoms with van der Waals surface area (Å²) in [5.41, 5.74) is 2.33. The first-order valence-electron chi connectivity index (χ1n) is 10.9. The van der Waals surface area contributed by atoms with E-state index in [0.717, 1.165) is 67.2 Å². The number of hydrogen-bond donors (Lipinski definition) is 2. The molecular weight excluding hydrogens is 399 g/mol. The van der Waals surface area contributed by atoms with Crippen molar-refractivity contribution in [1.29, 1.82) is 0 Å². The van der Waals surface area contributed by atoms with Crippen LogP contribution in [0.1, 0.15) is 42.6 Å².